The molecule has 0 saturated heterocycles. The SMILES string of the molecule is c1ccc(-c2cccc(-c3ccccc3)c2-c2c3cccc(-c4cccc5c4[nH]c4ccccc45)c3cc3c(-c4cccc5c6ccccc6n(-c6ccccc6)c45)cccc23)cc1. The lowest BCUT2D eigenvalue weighted by atomic mass is 9.81. The number of benzene rings is 11. The molecule has 0 atom stereocenters. The molecule has 2 nitrogen and oxygen atoms in total. The van der Waals surface area contributed by atoms with Gasteiger partial charge in [0.05, 0.1) is 16.6 Å². The van der Waals surface area contributed by atoms with Crippen LogP contribution in [0.5, 0.6) is 0 Å². The largest absolute Gasteiger partial charge is 0.354 e. The van der Waals surface area contributed by atoms with E-state index in [1.54, 1.807) is 0 Å². The molecule has 13 aromatic rings. The van der Waals surface area contributed by atoms with Crippen molar-refractivity contribution >= 4 is 65.2 Å². The Hall–Kier alpha value is -8.46. The lowest BCUT2D eigenvalue weighted by Gasteiger charge is -2.22. The Bertz CT molecular complexity index is 3870. The van der Waals surface area contributed by atoms with Crippen LogP contribution in [0, 0.1) is 0 Å². The van der Waals surface area contributed by atoms with Crippen molar-refractivity contribution in [2.24, 2.45) is 0 Å². The van der Waals surface area contributed by atoms with Crippen molar-refractivity contribution in [3.8, 4) is 61.3 Å². The third kappa shape index (κ3) is 5.53. The molecule has 1 N–H and O–H groups in total. The average molecular weight is 813 g/mol. The Morgan fingerprint density at radius 2 is 0.750 bits per heavy atom. The highest BCUT2D eigenvalue weighted by Crippen LogP contribution is 2.50. The lowest BCUT2D eigenvalue weighted by molar-refractivity contribution is 1.18. The molecule has 0 aliphatic carbocycles. The highest BCUT2D eigenvalue weighted by atomic mass is 15.0. The van der Waals surface area contributed by atoms with Gasteiger partial charge in [-0.25, -0.2) is 0 Å². The molecule has 64 heavy (non-hydrogen) atoms. The quantitative estimate of drug-likeness (QED) is 0.162. The van der Waals surface area contributed by atoms with Crippen LogP contribution in [0.1, 0.15) is 0 Å². The normalized spacial score (nSPS) is 11.8. The Labute approximate surface area is 370 Å². The summed E-state index contributed by atoms with van der Waals surface area (Å²) in [6.45, 7) is 0. The molecule has 0 aliphatic heterocycles. The van der Waals surface area contributed by atoms with Crippen molar-refractivity contribution in [1.29, 1.82) is 0 Å². The van der Waals surface area contributed by atoms with E-state index in [4.69, 9.17) is 0 Å². The molecular weight excluding hydrogens is 773 g/mol. The summed E-state index contributed by atoms with van der Waals surface area (Å²) in [7, 11) is 0. The van der Waals surface area contributed by atoms with E-state index in [0.29, 0.717) is 0 Å². The van der Waals surface area contributed by atoms with Gasteiger partial charge in [0.1, 0.15) is 0 Å². The molecule has 2 heterocycles. The second-order valence-corrected chi connectivity index (χ2v) is 16.8. The van der Waals surface area contributed by atoms with E-state index in [9.17, 15) is 0 Å². The smallest absolute Gasteiger partial charge is 0.0619 e. The number of H-pyrrole nitrogens is 1. The number of aromatic amines is 1. The number of aromatic nitrogens is 2. The van der Waals surface area contributed by atoms with Crippen LogP contribution < -0.4 is 0 Å². The summed E-state index contributed by atoms with van der Waals surface area (Å²) < 4.78 is 2.46. The number of hydrogen-bond acceptors (Lipinski definition) is 0. The number of nitrogens with one attached hydrogen (secondary N) is 1. The summed E-state index contributed by atoms with van der Waals surface area (Å²) in [5.41, 5.74) is 17.9. The Morgan fingerprint density at radius 3 is 1.42 bits per heavy atom. The summed E-state index contributed by atoms with van der Waals surface area (Å²) in [5, 5.41) is 9.79. The van der Waals surface area contributed by atoms with Crippen LogP contribution in [0.15, 0.2) is 237 Å². The number of para-hydroxylation sites is 5. The van der Waals surface area contributed by atoms with Crippen LogP contribution in [-0.2, 0) is 0 Å². The first-order chi connectivity index (χ1) is 31.8. The van der Waals surface area contributed by atoms with E-state index in [1.807, 2.05) is 0 Å². The zero-order chi connectivity index (χ0) is 42.1. The summed E-state index contributed by atoms with van der Waals surface area (Å²) in [5.74, 6) is 0. The predicted molar refractivity (Wildman–Crippen MR) is 272 cm³/mol. The molecule has 2 aromatic heterocycles. The molecule has 0 unspecified atom stereocenters. The predicted octanol–water partition coefficient (Wildman–Crippen LogP) is 17.1. The molecule has 0 bridgehead atoms. The highest BCUT2D eigenvalue weighted by Gasteiger charge is 2.24. The monoisotopic (exact) mass is 812 g/mol. The fourth-order valence-electron chi connectivity index (χ4n) is 10.6. The zero-order valence-corrected chi connectivity index (χ0v) is 35.0. The molecule has 13 rings (SSSR count). The molecule has 2 heteroatoms. The van der Waals surface area contributed by atoms with Crippen LogP contribution in [0.2, 0.25) is 0 Å². The summed E-state index contributed by atoms with van der Waals surface area (Å²) >= 11 is 0. The minimum absolute atomic E-state index is 1.14. The third-order valence-electron chi connectivity index (χ3n) is 13.4. The van der Waals surface area contributed by atoms with Gasteiger partial charge in [0.2, 0.25) is 0 Å². The van der Waals surface area contributed by atoms with E-state index in [2.05, 4.69) is 246 Å². The number of fused-ring (bicyclic) bond motifs is 8. The molecular formula is C62H40N2. The van der Waals surface area contributed by atoms with Crippen molar-refractivity contribution < 1.29 is 0 Å². The number of nitrogens with zero attached hydrogens (tertiary/aromatic N) is 1. The highest BCUT2D eigenvalue weighted by molar-refractivity contribution is 6.24. The fourth-order valence-corrected chi connectivity index (χ4v) is 10.6. The minimum Gasteiger partial charge on any atom is -0.354 e. The van der Waals surface area contributed by atoms with Gasteiger partial charge in [0, 0.05) is 43.9 Å². The first kappa shape index (κ1) is 36.2. The second-order valence-electron chi connectivity index (χ2n) is 16.8. The van der Waals surface area contributed by atoms with E-state index in [-0.39, 0.29) is 0 Å². The molecule has 0 spiro atoms. The van der Waals surface area contributed by atoms with Crippen LogP contribution in [-0.4, -0.2) is 9.55 Å². The van der Waals surface area contributed by atoms with Gasteiger partial charge in [-0.05, 0) is 96.4 Å². The molecule has 0 fully saturated rings. The maximum Gasteiger partial charge on any atom is 0.0619 e. The molecule has 0 saturated carbocycles. The maximum absolute atomic E-state index is 3.84. The third-order valence-corrected chi connectivity index (χ3v) is 13.4. The van der Waals surface area contributed by atoms with Gasteiger partial charge in [0.25, 0.3) is 0 Å². The van der Waals surface area contributed by atoms with E-state index in [1.165, 1.54) is 110 Å². The Morgan fingerprint density at radius 1 is 0.281 bits per heavy atom. The van der Waals surface area contributed by atoms with Gasteiger partial charge in [0.15, 0.2) is 0 Å². The van der Waals surface area contributed by atoms with Gasteiger partial charge < -0.3 is 9.55 Å². The maximum atomic E-state index is 3.84. The van der Waals surface area contributed by atoms with Gasteiger partial charge >= 0.3 is 0 Å². The second kappa shape index (κ2) is 14.6. The van der Waals surface area contributed by atoms with Crippen molar-refractivity contribution in [2.75, 3.05) is 0 Å². The van der Waals surface area contributed by atoms with Gasteiger partial charge in [-0.15, -0.1) is 0 Å². The summed E-state index contributed by atoms with van der Waals surface area (Å²) in [6, 6.07) is 86.9. The molecule has 0 radical (unpaired) electrons. The fraction of sp³-hybridized carbons (Fsp3) is 0. The van der Waals surface area contributed by atoms with Crippen LogP contribution in [0.25, 0.3) is 126 Å². The van der Waals surface area contributed by atoms with E-state index in [0.717, 1.165) is 16.7 Å². The Balaban J connectivity index is 1.21. The molecule has 0 aliphatic rings. The van der Waals surface area contributed by atoms with Crippen molar-refractivity contribution in [1.82, 2.24) is 9.55 Å². The minimum atomic E-state index is 1.14. The number of hydrogen-bond donors (Lipinski definition) is 1. The van der Waals surface area contributed by atoms with Gasteiger partial charge in [-0.2, -0.15) is 0 Å². The summed E-state index contributed by atoms with van der Waals surface area (Å²) in [4.78, 5) is 3.84. The topological polar surface area (TPSA) is 20.7 Å². The average Bonchev–Trinajstić information content (AvgIpc) is 3.92. The Kier molecular flexibility index (Phi) is 8.25. The first-order valence-electron chi connectivity index (χ1n) is 22.1. The van der Waals surface area contributed by atoms with Crippen molar-refractivity contribution in [3.05, 3.63) is 237 Å². The lowest BCUT2D eigenvalue weighted by Crippen LogP contribution is -1.97. The summed E-state index contributed by atoms with van der Waals surface area (Å²) in [6.07, 6.45) is 0. The van der Waals surface area contributed by atoms with E-state index >= 15 is 0 Å². The van der Waals surface area contributed by atoms with Gasteiger partial charge in [-0.1, -0.05) is 206 Å². The first-order valence-corrected chi connectivity index (χ1v) is 22.1. The standard InChI is InChI=1S/C62H40N2/c1-4-19-40(20-5-1)43-27-14-28-44(41-21-6-2-7-22-41)59(43)60-49-31-15-29-45(51-33-17-34-52-47-25-10-12-37-57(47)63-61(51)52)55(49)39-56-46(30-16-32-50(56)60)53-35-18-36-54-48-26-11-13-38-58(48)64(62(53)54)42-23-8-3-9-24-42/h1-39,63H. The molecule has 298 valence electrons. The van der Waals surface area contributed by atoms with Crippen LogP contribution >= 0.6 is 0 Å². The van der Waals surface area contributed by atoms with Crippen molar-refractivity contribution in [2.45, 2.75) is 0 Å². The molecule has 0 amide bonds. The van der Waals surface area contributed by atoms with Crippen LogP contribution in [0.4, 0.5) is 0 Å². The van der Waals surface area contributed by atoms with Crippen LogP contribution in [0.3, 0.4) is 0 Å². The number of rotatable bonds is 6. The zero-order valence-electron chi connectivity index (χ0n) is 35.0. The molecule has 11 aromatic carbocycles. The van der Waals surface area contributed by atoms with E-state index < -0.39 is 0 Å². The van der Waals surface area contributed by atoms with Gasteiger partial charge in [-0.3, -0.25) is 0 Å². The van der Waals surface area contributed by atoms with Crippen molar-refractivity contribution in [3.63, 3.8) is 0 Å².